The second kappa shape index (κ2) is 21.8. The predicted molar refractivity (Wildman–Crippen MR) is 428 cm³/mol. The normalized spacial score (nSPS) is 13.3. The molecule has 0 saturated heterocycles. The molecule has 478 valence electrons. The number of para-hydroxylation sites is 1. The largest absolute Gasteiger partial charge is 0.310 e. The van der Waals surface area contributed by atoms with Crippen LogP contribution in [0.25, 0.3) is 120 Å². The maximum Gasteiger partial charge on any atom is 0.0992 e. The van der Waals surface area contributed by atoms with Gasteiger partial charge in [-0.3, -0.25) is 0 Å². The van der Waals surface area contributed by atoms with Crippen LogP contribution in [-0.4, -0.2) is 0 Å². The van der Waals surface area contributed by atoms with Crippen molar-refractivity contribution < 1.29 is 0 Å². The first-order valence-corrected chi connectivity index (χ1v) is 35.8. The quantitative estimate of drug-likeness (QED) is 0.149. The summed E-state index contributed by atoms with van der Waals surface area (Å²) in [4.78, 5) is 4.82. The van der Waals surface area contributed by atoms with Crippen LogP contribution in [0.4, 0.5) is 34.1 Å². The molecule has 0 amide bonds. The molecular formula is C100H58N4. The second-order valence-corrected chi connectivity index (χ2v) is 28.2. The third-order valence-corrected chi connectivity index (χ3v) is 23.4. The van der Waals surface area contributed by atoms with Gasteiger partial charge < -0.3 is 9.80 Å². The first-order valence-electron chi connectivity index (χ1n) is 35.8. The van der Waals surface area contributed by atoms with Gasteiger partial charge in [0.25, 0.3) is 0 Å². The lowest BCUT2D eigenvalue weighted by Gasteiger charge is -2.34. The summed E-state index contributed by atoms with van der Waals surface area (Å²) in [6.45, 7) is 0. The van der Waals surface area contributed by atoms with Crippen LogP contribution < -0.4 is 9.80 Å². The van der Waals surface area contributed by atoms with Crippen LogP contribution in [-0.2, 0) is 10.8 Å². The zero-order valence-corrected chi connectivity index (χ0v) is 56.3. The molecule has 0 unspecified atom stereocenters. The van der Waals surface area contributed by atoms with Crippen molar-refractivity contribution in [1.82, 2.24) is 0 Å². The molecule has 0 aromatic heterocycles. The van der Waals surface area contributed by atoms with E-state index < -0.39 is 10.8 Å². The number of benzene rings is 18. The molecule has 0 atom stereocenters. The summed E-state index contributed by atoms with van der Waals surface area (Å²) < 4.78 is 0. The van der Waals surface area contributed by atoms with E-state index in [1.165, 1.54) is 143 Å². The van der Waals surface area contributed by atoms with Gasteiger partial charge in [0.1, 0.15) is 0 Å². The minimum atomic E-state index is -0.792. The Morgan fingerprint density at radius 1 is 0.221 bits per heavy atom. The first kappa shape index (κ1) is 57.9. The fourth-order valence-electron chi connectivity index (χ4n) is 19.6. The van der Waals surface area contributed by atoms with Crippen molar-refractivity contribution in [3.63, 3.8) is 0 Å². The fourth-order valence-corrected chi connectivity index (χ4v) is 19.6. The molecule has 104 heavy (non-hydrogen) atoms. The molecule has 4 heteroatoms. The van der Waals surface area contributed by atoms with E-state index in [0.29, 0.717) is 11.1 Å². The third kappa shape index (κ3) is 7.57. The van der Waals surface area contributed by atoms with Gasteiger partial charge >= 0.3 is 0 Å². The number of hydrogen-bond acceptors (Lipinski definition) is 4. The van der Waals surface area contributed by atoms with Crippen LogP contribution in [0.15, 0.2) is 352 Å². The van der Waals surface area contributed by atoms with Gasteiger partial charge in [-0.25, -0.2) is 0 Å². The van der Waals surface area contributed by atoms with E-state index in [0.717, 1.165) is 56.0 Å². The summed E-state index contributed by atoms with van der Waals surface area (Å²) in [6, 6.07) is 135. The maximum absolute atomic E-state index is 10.9. The Hall–Kier alpha value is -13.9. The van der Waals surface area contributed by atoms with Gasteiger partial charge in [-0.15, -0.1) is 0 Å². The predicted octanol–water partition coefficient (Wildman–Crippen LogP) is 25.6. The van der Waals surface area contributed by atoms with Gasteiger partial charge in [0, 0.05) is 33.5 Å². The van der Waals surface area contributed by atoms with Gasteiger partial charge in [-0.1, -0.05) is 273 Å². The molecule has 18 aromatic rings. The molecule has 4 aliphatic carbocycles. The Morgan fingerprint density at radius 3 is 1.11 bits per heavy atom. The molecular weight excluding hydrogens is 1260 g/mol. The number of rotatable bonds is 7. The van der Waals surface area contributed by atoms with E-state index in [4.69, 9.17) is 0 Å². The van der Waals surface area contributed by atoms with E-state index in [2.05, 4.69) is 350 Å². The molecule has 4 aliphatic rings. The van der Waals surface area contributed by atoms with Crippen molar-refractivity contribution in [2.24, 2.45) is 0 Å². The van der Waals surface area contributed by atoms with E-state index in [1.807, 2.05) is 24.3 Å². The van der Waals surface area contributed by atoms with E-state index in [9.17, 15) is 10.5 Å². The Labute approximate surface area is 601 Å². The Balaban J connectivity index is 0.824. The van der Waals surface area contributed by atoms with Crippen LogP contribution in [0.3, 0.4) is 0 Å². The molecule has 0 bridgehead atoms. The first-order chi connectivity index (χ1) is 51.6. The topological polar surface area (TPSA) is 54.1 Å². The van der Waals surface area contributed by atoms with Crippen LogP contribution in [0.5, 0.6) is 0 Å². The number of anilines is 6. The van der Waals surface area contributed by atoms with E-state index in [1.54, 1.807) is 0 Å². The summed E-state index contributed by atoms with van der Waals surface area (Å²) in [5, 5.41) is 35.3. The second-order valence-electron chi connectivity index (χ2n) is 28.2. The van der Waals surface area contributed by atoms with E-state index >= 15 is 0 Å². The minimum absolute atomic E-state index is 0.580. The monoisotopic (exact) mass is 1310 g/mol. The van der Waals surface area contributed by atoms with Crippen LogP contribution in [0, 0.1) is 22.7 Å². The molecule has 0 aliphatic heterocycles. The van der Waals surface area contributed by atoms with Crippen molar-refractivity contribution in [2.45, 2.75) is 10.8 Å². The number of nitriles is 2. The summed E-state index contributed by atoms with van der Waals surface area (Å²) in [5.74, 6) is 0. The average molecular weight is 1320 g/mol. The molecule has 0 heterocycles. The van der Waals surface area contributed by atoms with Crippen molar-refractivity contribution in [3.05, 3.63) is 407 Å². The molecule has 0 fully saturated rings. The summed E-state index contributed by atoms with van der Waals surface area (Å²) >= 11 is 0. The molecule has 0 saturated carbocycles. The maximum atomic E-state index is 10.9. The molecule has 0 radical (unpaired) electrons. The molecule has 22 rings (SSSR count). The molecule has 0 N–H and O–H groups in total. The third-order valence-electron chi connectivity index (χ3n) is 23.4. The zero-order valence-electron chi connectivity index (χ0n) is 56.3. The van der Waals surface area contributed by atoms with Crippen molar-refractivity contribution in [2.75, 3.05) is 9.80 Å². The minimum Gasteiger partial charge on any atom is -0.310 e. The zero-order chi connectivity index (χ0) is 68.5. The Kier molecular flexibility index (Phi) is 12.1. The lowest BCUT2D eigenvalue weighted by Crippen LogP contribution is -2.26. The van der Waals surface area contributed by atoms with Crippen molar-refractivity contribution in [3.8, 4) is 67.8 Å². The van der Waals surface area contributed by atoms with Gasteiger partial charge in [-0.2, -0.15) is 10.5 Å². The highest BCUT2D eigenvalue weighted by Gasteiger charge is 2.56. The lowest BCUT2D eigenvalue weighted by atomic mass is 9.68. The van der Waals surface area contributed by atoms with Crippen molar-refractivity contribution >= 4 is 98.8 Å². The van der Waals surface area contributed by atoms with Gasteiger partial charge in [0.2, 0.25) is 0 Å². The van der Waals surface area contributed by atoms with Crippen LogP contribution >= 0.6 is 0 Å². The number of nitrogens with zero attached hydrogens (tertiary/aromatic N) is 4. The van der Waals surface area contributed by atoms with Crippen molar-refractivity contribution in [1.29, 1.82) is 10.5 Å². The van der Waals surface area contributed by atoms with Gasteiger partial charge in [0.15, 0.2) is 0 Å². The van der Waals surface area contributed by atoms with Gasteiger partial charge in [0.05, 0.1) is 45.5 Å². The Bertz CT molecular complexity index is 6820. The highest BCUT2D eigenvalue weighted by Crippen LogP contribution is 2.70. The highest BCUT2D eigenvalue weighted by atomic mass is 15.2. The summed E-state index contributed by atoms with van der Waals surface area (Å²) in [6.07, 6.45) is 0. The summed E-state index contributed by atoms with van der Waals surface area (Å²) in [5.41, 5.74) is 27.8. The highest BCUT2D eigenvalue weighted by molar-refractivity contribution is 6.28. The van der Waals surface area contributed by atoms with Gasteiger partial charge in [-0.05, 0) is 233 Å². The summed E-state index contributed by atoms with van der Waals surface area (Å²) in [7, 11) is 0. The Morgan fingerprint density at radius 2 is 0.577 bits per heavy atom. The molecule has 18 aromatic carbocycles. The average Bonchev–Trinajstić information content (AvgIpc) is 1.49. The molecule has 4 nitrogen and oxygen atoms in total. The molecule has 2 spiro atoms. The van der Waals surface area contributed by atoms with E-state index in [-0.39, 0.29) is 0 Å². The fraction of sp³-hybridized carbons (Fsp3) is 0.0200. The number of hydrogen-bond donors (Lipinski definition) is 0. The van der Waals surface area contributed by atoms with Crippen LogP contribution in [0.1, 0.15) is 55.6 Å². The lowest BCUT2D eigenvalue weighted by molar-refractivity contribution is 0.802. The van der Waals surface area contributed by atoms with Crippen LogP contribution in [0.2, 0.25) is 0 Å². The number of fused-ring (bicyclic) bond motifs is 34. The standard InChI is InChI=1S/C100H58N4/c101-59-61-51-53-65(54-52-61)103(64-27-2-1-3-28-64)90-57-89-94(78-40-9-6-37-75(78)90)96-81-43-12-11-42-80(81)92-68(45-24-46-83(92)98(96)100(89)86-49-20-16-35-73(86)74-36-17-21-50-87(74)100)63-26-23-30-67(56-63)104(66-29-22-25-62(55-66)60-102)91-58-88-93(79-41-10-7-38-76(79)91)95-77-39-8-4-31-69(77)70-32-5-13-44-82(70)97(95)99(88)84-47-18-14-33-71(84)72-34-15-19-48-85(72)99/h1-58H. The smallest absolute Gasteiger partial charge is 0.0992 e. The SMILES string of the molecule is N#Cc1ccc(N(c2ccccc2)c2cc3c(c4ccccc24)-c2c(c4cccc(-c5cccc(N(c6cccc(C#N)c6)c6cc7c(c8ccccc68)-c6c(c8ccccc8c8ccccc68)C76c7ccccc7-c7ccccc76)c5)c4c4ccccc24)C32c3ccccc3-c3ccccc32)cc1.